The van der Waals surface area contributed by atoms with Gasteiger partial charge in [-0.2, -0.15) is 0 Å². The van der Waals surface area contributed by atoms with Crippen molar-refractivity contribution in [3.63, 3.8) is 0 Å². The second-order valence-electron chi connectivity index (χ2n) is 5.46. The number of carbonyl (C=O) groups excluding carboxylic acids is 2. The molecular weight excluding hydrogens is 340 g/mol. The zero-order valence-electron chi connectivity index (χ0n) is 14.6. The van der Waals surface area contributed by atoms with Crippen LogP contribution in [0.25, 0.3) is 0 Å². The molecule has 25 heavy (non-hydrogen) atoms. The number of unbranched alkanes of at least 4 members (excludes halogenated alkanes) is 2. The minimum absolute atomic E-state index is 0.302. The summed E-state index contributed by atoms with van der Waals surface area (Å²) in [6, 6.07) is 7.00. The minimum Gasteiger partial charge on any atom is -0.494 e. The molecule has 0 saturated heterocycles. The number of benzene rings is 1. The highest BCUT2D eigenvalue weighted by atomic mass is 32.1. The van der Waals surface area contributed by atoms with Gasteiger partial charge in [-0.3, -0.25) is 10.1 Å². The van der Waals surface area contributed by atoms with Gasteiger partial charge in [-0.25, -0.2) is 9.78 Å². The molecule has 1 amide bonds. The molecule has 1 aromatic heterocycles. The number of aromatic nitrogens is 1. The van der Waals surface area contributed by atoms with Crippen LogP contribution in [0.4, 0.5) is 5.13 Å². The van der Waals surface area contributed by atoms with Crippen LogP contribution in [-0.2, 0) is 4.74 Å². The Kier molecular flexibility index (Phi) is 6.94. The van der Waals surface area contributed by atoms with Gasteiger partial charge in [-0.05, 0) is 31.5 Å². The van der Waals surface area contributed by atoms with Gasteiger partial charge in [0.1, 0.15) is 10.6 Å². The van der Waals surface area contributed by atoms with Crippen molar-refractivity contribution in [1.29, 1.82) is 0 Å². The molecule has 7 heteroatoms. The zero-order chi connectivity index (χ0) is 18.2. The lowest BCUT2D eigenvalue weighted by molar-refractivity contribution is 0.0605. The Morgan fingerprint density at radius 2 is 2.08 bits per heavy atom. The van der Waals surface area contributed by atoms with Gasteiger partial charge < -0.3 is 9.47 Å². The van der Waals surface area contributed by atoms with E-state index in [2.05, 4.69) is 17.2 Å². The number of esters is 1. The number of nitrogens with zero attached hydrogens (tertiary/aromatic N) is 1. The third kappa shape index (κ3) is 5.29. The quantitative estimate of drug-likeness (QED) is 0.566. The van der Waals surface area contributed by atoms with Gasteiger partial charge in [-0.15, -0.1) is 0 Å². The van der Waals surface area contributed by atoms with Crippen molar-refractivity contribution in [2.45, 2.75) is 33.1 Å². The van der Waals surface area contributed by atoms with E-state index in [4.69, 9.17) is 9.47 Å². The second-order valence-corrected chi connectivity index (χ2v) is 6.46. The number of ether oxygens (including phenoxy) is 2. The number of hydrogen-bond acceptors (Lipinski definition) is 6. The Balaban J connectivity index is 2.02. The maximum atomic E-state index is 12.4. The number of rotatable bonds is 8. The van der Waals surface area contributed by atoms with Crippen molar-refractivity contribution < 1.29 is 19.1 Å². The molecule has 1 aromatic carbocycles. The van der Waals surface area contributed by atoms with Gasteiger partial charge in [0, 0.05) is 5.56 Å². The molecule has 1 heterocycles. The number of anilines is 1. The summed E-state index contributed by atoms with van der Waals surface area (Å²) in [6.07, 6.45) is 3.24. The molecule has 6 nitrogen and oxygen atoms in total. The molecule has 0 aliphatic heterocycles. The first kappa shape index (κ1) is 18.9. The van der Waals surface area contributed by atoms with E-state index < -0.39 is 5.97 Å². The van der Waals surface area contributed by atoms with Crippen molar-refractivity contribution in [3.05, 3.63) is 40.4 Å². The summed E-state index contributed by atoms with van der Waals surface area (Å²) >= 11 is 1.09. The monoisotopic (exact) mass is 362 g/mol. The van der Waals surface area contributed by atoms with Crippen LogP contribution < -0.4 is 10.1 Å². The third-order valence-electron chi connectivity index (χ3n) is 3.50. The third-order valence-corrected chi connectivity index (χ3v) is 4.55. The lowest BCUT2D eigenvalue weighted by atomic mass is 10.2. The maximum Gasteiger partial charge on any atom is 0.350 e. The number of hydrogen-bond donors (Lipinski definition) is 1. The molecule has 0 aliphatic carbocycles. The number of methoxy groups -OCH3 is 1. The summed E-state index contributed by atoms with van der Waals surface area (Å²) in [6.45, 7) is 4.47. The fraction of sp³-hybridized carbons (Fsp3) is 0.389. The van der Waals surface area contributed by atoms with Crippen LogP contribution in [0.5, 0.6) is 5.75 Å². The highest BCUT2D eigenvalue weighted by Crippen LogP contribution is 2.24. The molecule has 1 N–H and O–H groups in total. The van der Waals surface area contributed by atoms with Gasteiger partial charge in [0.05, 0.1) is 19.4 Å². The standard InChI is InChI=1S/C18H22N2O4S/c1-4-5-6-10-24-14-9-7-8-13(11-14)16(21)20-18-19-12(2)15(25-18)17(22)23-3/h7-9,11H,4-6,10H2,1-3H3,(H,19,20,21). The summed E-state index contributed by atoms with van der Waals surface area (Å²) in [5.41, 5.74) is 1.00. The molecule has 0 saturated carbocycles. The van der Waals surface area contributed by atoms with E-state index in [9.17, 15) is 9.59 Å². The summed E-state index contributed by atoms with van der Waals surface area (Å²) < 4.78 is 10.4. The minimum atomic E-state index is -0.460. The van der Waals surface area contributed by atoms with Gasteiger partial charge in [0.2, 0.25) is 0 Å². The molecule has 0 bridgehead atoms. The van der Waals surface area contributed by atoms with Gasteiger partial charge in [-0.1, -0.05) is 37.2 Å². The number of aryl methyl sites for hydroxylation is 1. The van der Waals surface area contributed by atoms with E-state index >= 15 is 0 Å². The molecule has 2 aromatic rings. The Hall–Kier alpha value is -2.41. The van der Waals surface area contributed by atoms with E-state index in [1.807, 2.05) is 6.07 Å². The first-order valence-corrected chi connectivity index (χ1v) is 8.96. The Morgan fingerprint density at radius 1 is 1.28 bits per heavy atom. The van der Waals surface area contributed by atoms with Gasteiger partial charge in [0.25, 0.3) is 5.91 Å². The SMILES string of the molecule is CCCCCOc1cccc(C(=O)Nc2nc(C)c(C(=O)OC)s2)c1. The summed E-state index contributed by atoms with van der Waals surface area (Å²) in [7, 11) is 1.31. The lowest BCUT2D eigenvalue weighted by Crippen LogP contribution is -2.11. The van der Waals surface area contributed by atoms with E-state index in [1.165, 1.54) is 7.11 Å². The predicted molar refractivity (Wildman–Crippen MR) is 97.6 cm³/mol. The van der Waals surface area contributed by atoms with Gasteiger partial charge >= 0.3 is 5.97 Å². The highest BCUT2D eigenvalue weighted by molar-refractivity contribution is 7.17. The number of nitrogens with one attached hydrogen (secondary N) is 1. The normalized spacial score (nSPS) is 10.4. The summed E-state index contributed by atoms with van der Waals surface area (Å²) in [5, 5.41) is 3.07. The molecule has 0 fully saturated rings. The number of thiazole rings is 1. The molecule has 2 rings (SSSR count). The fourth-order valence-electron chi connectivity index (χ4n) is 2.17. The maximum absolute atomic E-state index is 12.4. The Morgan fingerprint density at radius 3 is 2.80 bits per heavy atom. The smallest absolute Gasteiger partial charge is 0.350 e. The number of carbonyl (C=O) groups is 2. The molecular formula is C18H22N2O4S. The van der Waals surface area contributed by atoms with Crippen molar-refractivity contribution in [2.24, 2.45) is 0 Å². The lowest BCUT2D eigenvalue weighted by Gasteiger charge is -2.07. The molecule has 0 spiro atoms. The highest BCUT2D eigenvalue weighted by Gasteiger charge is 2.17. The van der Waals surface area contributed by atoms with E-state index in [1.54, 1.807) is 25.1 Å². The Labute approximate surface area is 151 Å². The van der Waals surface area contributed by atoms with Gasteiger partial charge in [0.15, 0.2) is 5.13 Å². The summed E-state index contributed by atoms with van der Waals surface area (Å²) in [5.74, 6) is -0.100. The Bertz CT molecular complexity index is 742. The van der Waals surface area contributed by atoms with Crippen LogP contribution >= 0.6 is 11.3 Å². The van der Waals surface area contributed by atoms with Crippen molar-refractivity contribution in [1.82, 2.24) is 4.98 Å². The average molecular weight is 362 g/mol. The first-order valence-electron chi connectivity index (χ1n) is 8.15. The topological polar surface area (TPSA) is 77.5 Å². The number of amides is 1. The molecule has 0 atom stereocenters. The fourth-order valence-corrected chi connectivity index (χ4v) is 3.05. The summed E-state index contributed by atoms with van der Waals surface area (Å²) in [4.78, 5) is 28.6. The second kappa shape index (κ2) is 9.17. The largest absolute Gasteiger partial charge is 0.494 e. The van der Waals surface area contributed by atoms with Crippen molar-refractivity contribution in [2.75, 3.05) is 19.0 Å². The van der Waals surface area contributed by atoms with Crippen LogP contribution in [0.2, 0.25) is 0 Å². The van der Waals surface area contributed by atoms with Crippen LogP contribution in [0.1, 0.15) is 51.9 Å². The van der Waals surface area contributed by atoms with E-state index in [-0.39, 0.29) is 5.91 Å². The zero-order valence-corrected chi connectivity index (χ0v) is 15.4. The molecule has 0 unspecified atom stereocenters. The van der Waals surface area contributed by atoms with E-state index in [0.717, 1.165) is 30.6 Å². The molecule has 0 radical (unpaired) electrons. The van der Waals surface area contributed by atoms with Crippen LogP contribution in [0.3, 0.4) is 0 Å². The van der Waals surface area contributed by atoms with E-state index in [0.29, 0.717) is 33.6 Å². The molecule has 134 valence electrons. The predicted octanol–water partition coefficient (Wildman–Crippen LogP) is 4.06. The van der Waals surface area contributed by atoms with Crippen LogP contribution in [0.15, 0.2) is 24.3 Å². The first-order chi connectivity index (χ1) is 12.0. The molecule has 0 aliphatic rings. The van der Waals surface area contributed by atoms with Crippen molar-refractivity contribution >= 4 is 28.3 Å². The van der Waals surface area contributed by atoms with Crippen molar-refractivity contribution in [3.8, 4) is 5.75 Å². The van der Waals surface area contributed by atoms with Crippen LogP contribution in [-0.4, -0.2) is 30.6 Å². The van der Waals surface area contributed by atoms with Crippen LogP contribution in [0, 0.1) is 6.92 Å². The average Bonchev–Trinajstić information content (AvgIpc) is 2.98.